The van der Waals surface area contributed by atoms with Crippen LogP contribution in [-0.2, 0) is 10.0 Å². The Labute approximate surface area is 115 Å². The molecule has 0 amide bonds. The van der Waals surface area contributed by atoms with Crippen LogP contribution in [0.4, 0.5) is 5.82 Å². The highest BCUT2D eigenvalue weighted by Crippen LogP contribution is 2.23. The number of aromatic carboxylic acids is 1. The van der Waals surface area contributed by atoms with Gasteiger partial charge in [0.25, 0.3) is 10.0 Å². The quantitative estimate of drug-likeness (QED) is 0.890. The first-order valence-electron chi connectivity index (χ1n) is 5.59. The molecule has 2 aromatic heterocycles. The molecule has 0 aliphatic rings. The minimum absolute atomic E-state index is 0.00323. The molecule has 7 nitrogen and oxygen atoms in total. The van der Waals surface area contributed by atoms with Gasteiger partial charge < -0.3 is 9.52 Å². The van der Waals surface area contributed by atoms with Gasteiger partial charge in [-0.25, -0.2) is 18.2 Å². The van der Waals surface area contributed by atoms with Crippen molar-refractivity contribution in [2.75, 3.05) is 4.72 Å². The summed E-state index contributed by atoms with van der Waals surface area (Å²) in [6.45, 7) is 3.09. The van der Waals surface area contributed by atoms with E-state index in [1.165, 1.54) is 13.1 Å². The number of aromatic nitrogens is 1. The van der Waals surface area contributed by atoms with Crippen LogP contribution in [0.15, 0.2) is 33.7 Å². The third-order valence-electron chi connectivity index (χ3n) is 2.61. The molecule has 0 aromatic carbocycles. The number of hydrogen-bond donors (Lipinski definition) is 2. The van der Waals surface area contributed by atoms with Crippen molar-refractivity contribution in [2.45, 2.75) is 18.7 Å². The Balaban J connectivity index is 2.41. The standard InChI is InChI=1S/C12H12N2O5S/c1-7-4-3-5-13-11(7)14-20(17,18)10-6-9(12(15)16)19-8(10)2/h3-6H,1-2H3,(H,13,14)(H,15,16). The van der Waals surface area contributed by atoms with Crippen molar-refractivity contribution in [1.29, 1.82) is 0 Å². The molecule has 0 bridgehead atoms. The van der Waals surface area contributed by atoms with E-state index in [-0.39, 0.29) is 16.5 Å². The number of sulfonamides is 1. The normalized spacial score (nSPS) is 11.3. The molecule has 2 rings (SSSR count). The smallest absolute Gasteiger partial charge is 0.371 e. The van der Waals surface area contributed by atoms with E-state index in [2.05, 4.69) is 9.71 Å². The first-order valence-corrected chi connectivity index (χ1v) is 7.08. The molecule has 0 radical (unpaired) electrons. The summed E-state index contributed by atoms with van der Waals surface area (Å²) in [6.07, 6.45) is 1.45. The summed E-state index contributed by atoms with van der Waals surface area (Å²) in [4.78, 5) is 14.5. The minimum Gasteiger partial charge on any atom is -0.475 e. The summed E-state index contributed by atoms with van der Waals surface area (Å²) in [5, 5.41) is 8.80. The number of carbonyl (C=O) groups is 1. The molecule has 0 unspecified atom stereocenters. The summed E-state index contributed by atoms with van der Waals surface area (Å²) in [7, 11) is -3.95. The van der Waals surface area contributed by atoms with Crippen LogP contribution in [0.5, 0.6) is 0 Å². The second kappa shape index (κ2) is 4.97. The lowest BCUT2D eigenvalue weighted by Gasteiger charge is -2.08. The number of furan rings is 1. The van der Waals surface area contributed by atoms with Crippen molar-refractivity contribution >= 4 is 21.8 Å². The Morgan fingerprint density at radius 3 is 2.65 bits per heavy atom. The van der Waals surface area contributed by atoms with Crippen molar-refractivity contribution in [3.63, 3.8) is 0 Å². The van der Waals surface area contributed by atoms with E-state index in [9.17, 15) is 13.2 Å². The minimum atomic E-state index is -3.95. The average Bonchev–Trinajstić information content (AvgIpc) is 2.75. The maximum absolute atomic E-state index is 12.2. The number of carboxylic acid groups (broad SMARTS) is 1. The van der Waals surface area contributed by atoms with Gasteiger partial charge in [0.05, 0.1) is 0 Å². The maximum Gasteiger partial charge on any atom is 0.371 e. The van der Waals surface area contributed by atoms with Crippen LogP contribution in [0.2, 0.25) is 0 Å². The number of rotatable bonds is 4. The average molecular weight is 296 g/mol. The summed E-state index contributed by atoms with van der Waals surface area (Å²) < 4.78 is 31.6. The molecule has 2 heterocycles. The van der Waals surface area contributed by atoms with Gasteiger partial charge in [-0.15, -0.1) is 0 Å². The molecule has 0 aliphatic heterocycles. The summed E-state index contributed by atoms with van der Waals surface area (Å²) in [5.74, 6) is -1.57. The molecular weight excluding hydrogens is 284 g/mol. The first kappa shape index (κ1) is 14.1. The van der Waals surface area contributed by atoms with Crippen molar-refractivity contribution in [3.8, 4) is 0 Å². The molecule has 20 heavy (non-hydrogen) atoms. The van der Waals surface area contributed by atoms with E-state index in [4.69, 9.17) is 9.52 Å². The molecular formula is C12H12N2O5S. The Kier molecular flexibility index (Phi) is 3.49. The summed E-state index contributed by atoms with van der Waals surface area (Å²) >= 11 is 0. The zero-order valence-corrected chi connectivity index (χ0v) is 11.6. The summed E-state index contributed by atoms with van der Waals surface area (Å²) in [5.41, 5.74) is 0.649. The van der Waals surface area contributed by atoms with E-state index >= 15 is 0 Å². The predicted molar refractivity (Wildman–Crippen MR) is 70.2 cm³/mol. The Hall–Kier alpha value is -2.35. The van der Waals surface area contributed by atoms with E-state index in [1.54, 1.807) is 19.1 Å². The first-order chi connectivity index (χ1) is 9.31. The van der Waals surface area contributed by atoms with Crippen LogP contribution in [-0.4, -0.2) is 24.5 Å². The Bertz CT molecular complexity index is 764. The number of nitrogens with zero attached hydrogens (tertiary/aromatic N) is 1. The van der Waals surface area contributed by atoms with Crippen LogP contribution < -0.4 is 4.72 Å². The third kappa shape index (κ3) is 2.64. The topological polar surface area (TPSA) is 110 Å². The van der Waals surface area contributed by atoms with Gasteiger partial charge in [0.2, 0.25) is 5.76 Å². The fourth-order valence-corrected chi connectivity index (χ4v) is 2.87. The SMILES string of the molecule is Cc1cccnc1NS(=O)(=O)c1cc(C(=O)O)oc1C. The van der Waals surface area contributed by atoms with Crippen molar-refractivity contribution in [2.24, 2.45) is 0 Å². The second-order valence-electron chi connectivity index (χ2n) is 4.11. The van der Waals surface area contributed by atoms with Gasteiger partial charge >= 0.3 is 5.97 Å². The zero-order valence-electron chi connectivity index (χ0n) is 10.7. The van der Waals surface area contributed by atoms with E-state index in [0.717, 1.165) is 6.07 Å². The Morgan fingerprint density at radius 2 is 2.10 bits per heavy atom. The zero-order chi connectivity index (χ0) is 14.9. The van der Waals surface area contributed by atoms with Crippen LogP contribution in [0, 0.1) is 13.8 Å². The van der Waals surface area contributed by atoms with Gasteiger partial charge in [0, 0.05) is 12.3 Å². The second-order valence-corrected chi connectivity index (χ2v) is 5.76. The van der Waals surface area contributed by atoms with Gasteiger partial charge in [-0.2, -0.15) is 0 Å². The van der Waals surface area contributed by atoms with E-state index in [0.29, 0.717) is 5.56 Å². The lowest BCUT2D eigenvalue weighted by atomic mass is 10.3. The highest BCUT2D eigenvalue weighted by atomic mass is 32.2. The van der Waals surface area contributed by atoms with Gasteiger partial charge in [-0.3, -0.25) is 4.72 Å². The number of hydrogen-bond acceptors (Lipinski definition) is 5. The van der Waals surface area contributed by atoms with Crippen molar-refractivity contribution in [3.05, 3.63) is 41.5 Å². The van der Waals surface area contributed by atoms with E-state index < -0.39 is 21.8 Å². The number of pyridine rings is 1. The molecule has 2 aromatic rings. The van der Waals surface area contributed by atoms with Crippen LogP contribution >= 0.6 is 0 Å². The number of aryl methyl sites for hydroxylation is 2. The van der Waals surface area contributed by atoms with Gasteiger partial charge in [0.15, 0.2) is 0 Å². The molecule has 0 aliphatic carbocycles. The van der Waals surface area contributed by atoms with E-state index in [1.807, 2.05) is 0 Å². The molecule has 8 heteroatoms. The van der Waals surface area contributed by atoms with Crippen molar-refractivity contribution in [1.82, 2.24) is 4.98 Å². The van der Waals surface area contributed by atoms with Crippen LogP contribution in [0.1, 0.15) is 21.9 Å². The van der Waals surface area contributed by atoms with Crippen LogP contribution in [0.25, 0.3) is 0 Å². The number of nitrogens with one attached hydrogen (secondary N) is 1. The highest BCUT2D eigenvalue weighted by molar-refractivity contribution is 7.92. The van der Waals surface area contributed by atoms with Gasteiger partial charge in [-0.05, 0) is 25.5 Å². The molecule has 0 saturated carbocycles. The summed E-state index contributed by atoms with van der Waals surface area (Å²) in [6, 6.07) is 4.35. The fourth-order valence-electron chi connectivity index (χ4n) is 1.61. The highest BCUT2D eigenvalue weighted by Gasteiger charge is 2.24. The molecule has 106 valence electrons. The van der Waals surface area contributed by atoms with Gasteiger partial charge in [0.1, 0.15) is 16.5 Å². The molecule has 0 atom stereocenters. The lowest BCUT2D eigenvalue weighted by molar-refractivity contribution is 0.0661. The fraction of sp³-hybridized carbons (Fsp3) is 0.167. The number of carboxylic acids is 1. The molecule has 0 spiro atoms. The maximum atomic E-state index is 12.2. The Morgan fingerprint density at radius 1 is 1.40 bits per heavy atom. The monoisotopic (exact) mass is 296 g/mol. The van der Waals surface area contributed by atoms with Crippen molar-refractivity contribution < 1.29 is 22.7 Å². The molecule has 2 N–H and O–H groups in total. The van der Waals surface area contributed by atoms with Crippen LogP contribution in [0.3, 0.4) is 0 Å². The largest absolute Gasteiger partial charge is 0.475 e. The molecule has 0 fully saturated rings. The predicted octanol–water partition coefficient (Wildman–Crippen LogP) is 1.79. The lowest BCUT2D eigenvalue weighted by Crippen LogP contribution is -2.15. The third-order valence-corrected chi connectivity index (χ3v) is 4.06. The molecule has 0 saturated heterocycles. The number of anilines is 1. The van der Waals surface area contributed by atoms with Gasteiger partial charge in [-0.1, -0.05) is 6.07 Å².